The highest BCUT2D eigenvalue weighted by molar-refractivity contribution is 14.0. The van der Waals surface area contributed by atoms with E-state index in [-0.39, 0.29) is 24.0 Å². The lowest BCUT2D eigenvalue weighted by atomic mass is 10.3. The molecule has 0 aromatic carbocycles. The van der Waals surface area contributed by atoms with Gasteiger partial charge in [0.15, 0.2) is 5.96 Å². The van der Waals surface area contributed by atoms with E-state index in [1.165, 1.54) is 0 Å². The molecule has 0 aliphatic carbocycles. The van der Waals surface area contributed by atoms with Crippen molar-refractivity contribution in [1.82, 2.24) is 20.2 Å². The van der Waals surface area contributed by atoms with Crippen molar-refractivity contribution in [2.75, 3.05) is 20.6 Å². The molecule has 0 aliphatic heterocycles. The van der Waals surface area contributed by atoms with Crippen LogP contribution in [0.15, 0.2) is 15.8 Å². The number of halogens is 1. The molecule has 2 aromatic rings. The largest absolute Gasteiger partial charge is 0.356 e. The molecular formula is C14H22IN5S2. The minimum absolute atomic E-state index is 0. The summed E-state index contributed by atoms with van der Waals surface area (Å²) in [5.41, 5.74) is 2.22. The maximum Gasteiger partial charge on any atom is 0.193 e. The Morgan fingerprint density at radius 2 is 1.77 bits per heavy atom. The van der Waals surface area contributed by atoms with E-state index in [9.17, 15) is 0 Å². The van der Waals surface area contributed by atoms with Gasteiger partial charge in [-0.3, -0.25) is 4.99 Å². The van der Waals surface area contributed by atoms with Gasteiger partial charge in [-0.25, -0.2) is 9.97 Å². The van der Waals surface area contributed by atoms with Crippen LogP contribution in [0, 0.1) is 13.8 Å². The van der Waals surface area contributed by atoms with Crippen LogP contribution in [-0.2, 0) is 13.0 Å². The highest BCUT2D eigenvalue weighted by atomic mass is 127. The summed E-state index contributed by atoms with van der Waals surface area (Å²) in [6.45, 7) is 5.65. The van der Waals surface area contributed by atoms with E-state index in [4.69, 9.17) is 0 Å². The summed E-state index contributed by atoms with van der Waals surface area (Å²) in [5.74, 6) is 0.882. The van der Waals surface area contributed by atoms with Crippen molar-refractivity contribution in [2.45, 2.75) is 26.8 Å². The van der Waals surface area contributed by atoms with Crippen LogP contribution in [0.1, 0.15) is 21.4 Å². The van der Waals surface area contributed by atoms with Gasteiger partial charge < -0.3 is 10.2 Å². The van der Waals surface area contributed by atoms with Crippen LogP contribution in [0.25, 0.3) is 0 Å². The standard InChI is InChI=1S/C14H21N5S2.HI/c1-10-17-12(8-20-10)5-6-16-14(15-3)19(4)7-13-9-21-11(2)18-13;/h8-9H,5-7H2,1-4H3,(H,15,16);1H. The second kappa shape index (κ2) is 9.41. The van der Waals surface area contributed by atoms with E-state index >= 15 is 0 Å². The Kier molecular flexibility index (Phi) is 8.26. The topological polar surface area (TPSA) is 53.4 Å². The molecule has 0 saturated carbocycles. The van der Waals surface area contributed by atoms with Gasteiger partial charge in [0.1, 0.15) is 0 Å². The van der Waals surface area contributed by atoms with Gasteiger partial charge in [-0.2, -0.15) is 0 Å². The lowest BCUT2D eigenvalue weighted by molar-refractivity contribution is 0.471. The molecule has 0 saturated heterocycles. The Bertz CT molecular complexity index is 608. The molecule has 0 aliphatic rings. The fourth-order valence-electron chi connectivity index (χ4n) is 2.01. The molecule has 2 aromatic heterocycles. The summed E-state index contributed by atoms with van der Waals surface area (Å²) >= 11 is 3.37. The van der Waals surface area contributed by atoms with Crippen LogP contribution in [0.5, 0.6) is 0 Å². The van der Waals surface area contributed by atoms with Crippen LogP contribution < -0.4 is 5.32 Å². The number of thiazole rings is 2. The van der Waals surface area contributed by atoms with Gasteiger partial charge in [0.05, 0.1) is 27.9 Å². The van der Waals surface area contributed by atoms with Crippen molar-refractivity contribution in [3.8, 4) is 0 Å². The van der Waals surface area contributed by atoms with Crippen LogP contribution in [0.4, 0.5) is 0 Å². The molecule has 22 heavy (non-hydrogen) atoms. The van der Waals surface area contributed by atoms with Crippen molar-refractivity contribution in [1.29, 1.82) is 0 Å². The molecule has 2 rings (SSSR count). The third kappa shape index (κ3) is 5.81. The Morgan fingerprint density at radius 3 is 2.27 bits per heavy atom. The molecule has 0 spiro atoms. The van der Waals surface area contributed by atoms with E-state index in [0.717, 1.165) is 46.9 Å². The molecule has 0 atom stereocenters. The van der Waals surface area contributed by atoms with Crippen LogP contribution in [0.3, 0.4) is 0 Å². The first-order valence-corrected chi connectivity index (χ1v) is 8.58. The number of aromatic nitrogens is 2. The SMILES string of the molecule is CN=C(NCCc1csc(C)n1)N(C)Cc1csc(C)n1.I. The molecule has 0 radical (unpaired) electrons. The highest BCUT2D eigenvalue weighted by Crippen LogP contribution is 2.10. The highest BCUT2D eigenvalue weighted by Gasteiger charge is 2.08. The zero-order chi connectivity index (χ0) is 15.2. The maximum atomic E-state index is 4.48. The lowest BCUT2D eigenvalue weighted by Gasteiger charge is -2.21. The molecule has 8 heteroatoms. The molecule has 122 valence electrons. The third-order valence-electron chi connectivity index (χ3n) is 2.97. The predicted molar refractivity (Wildman–Crippen MR) is 106 cm³/mol. The van der Waals surface area contributed by atoms with Gasteiger partial charge in [0.25, 0.3) is 0 Å². The number of aliphatic imine (C=N–C) groups is 1. The van der Waals surface area contributed by atoms with Gasteiger partial charge in [-0.05, 0) is 13.8 Å². The molecule has 2 heterocycles. The second-order valence-electron chi connectivity index (χ2n) is 4.80. The van der Waals surface area contributed by atoms with Gasteiger partial charge in [-0.15, -0.1) is 46.7 Å². The first-order chi connectivity index (χ1) is 10.1. The van der Waals surface area contributed by atoms with Gasteiger partial charge >= 0.3 is 0 Å². The summed E-state index contributed by atoms with van der Waals surface area (Å²) in [5, 5.41) is 9.79. The number of hydrogen-bond acceptors (Lipinski definition) is 5. The first-order valence-electron chi connectivity index (χ1n) is 6.82. The molecule has 0 amide bonds. The fourth-order valence-corrected chi connectivity index (χ4v) is 3.26. The molecule has 0 fully saturated rings. The van der Waals surface area contributed by atoms with E-state index in [1.54, 1.807) is 29.7 Å². The van der Waals surface area contributed by atoms with E-state index < -0.39 is 0 Å². The lowest BCUT2D eigenvalue weighted by Crippen LogP contribution is -2.39. The minimum atomic E-state index is 0. The van der Waals surface area contributed by atoms with Crippen LogP contribution in [-0.4, -0.2) is 41.5 Å². The Morgan fingerprint density at radius 1 is 1.18 bits per heavy atom. The van der Waals surface area contributed by atoms with E-state index in [1.807, 2.05) is 20.9 Å². The first kappa shape index (κ1) is 19.3. The fraction of sp³-hybridized carbons (Fsp3) is 0.500. The molecular weight excluding hydrogens is 429 g/mol. The number of guanidine groups is 1. The predicted octanol–water partition coefficient (Wildman–Crippen LogP) is 3.08. The third-order valence-corrected chi connectivity index (χ3v) is 4.61. The van der Waals surface area contributed by atoms with Crippen molar-refractivity contribution < 1.29 is 0 Å². The Labute approximate surface area is 156 Å². The number of nitrogens with zero attached hydrogens (tertiary/aromatic N) is 4. The normalized spacial score (nSPS) is 11.2. The number of nitrogens with one attached hydrogen (secondary N) is 1. The number of hydrogen-bond donors (Lipinski definition) is 1. The smallest absolute Gasteiger partial charge is 0.193 e. The number of rotatable bonds is 5. The van der Waals surface area contributed by atoms with Gasteiger partial charge in [-0.1, -0.05) is 0 Å². The van der Waals surface area contributed by atoms with Crippen molar-refractivity contribution in [3.63, 3.8) is 0 Å². The molecule has 0 bridgehead atoms. The summed E-state index contributed by atoms with van der Waals surface area (Å²) in [7, 11) is 3.83. The average Bonchev–Trinajstić information content (AvgIpc) is 3.03. The number of aryl methyl sites for hydroxylation is 2. The molecule has 5 nitrogen and oxygen atoms in total. The van der Waals surface area contributed by atoms with Crippen LogP contribution >= 0.6 is 46.7 Å². The summed E-state index contributed by atoms with van der Waals surface area (Å²) in [6.07, 6.45) is 0.910. The average molecular weight is 451 g/mol. The van der Waals surface area contributed by atoms with Crippen molar-refractivity contribution in [2.24, 2.45) is 4.99 Å². The summed E-state index contributed by atoms with van der Waals surface area (Å²) in [4.78, 5) is 15.3. The summed E-state index contributed by atoms with van der Waals surface area (Å²) < 4.78 is 0. The molecule has 1 N–H and O–H groups in total. The van der Waals surface area contributed by atoms with Gasteiger partial charge in [0, 0.05) is 37.8 Å². The Balaban J connectivity index is 0.00000242. The van der Waals surface area contributed by atoms with E-state index in [2.05, 4.69) is 35.9 Å². The zero-order valence-corrected chi connectivity index (χ0v) is 17.3. The van der Waals surface area contributed by atoms with Crippen LogP contribution in [0.2, 0.25) is 0 Å². The van der Waals surface area contributed by atoms with E-state index in [0.29, 0.717) is 0 Å². The molecule has 0 unspecified atom stereocenters. The summed E-state index contributed by atoms with van der Waals surface area (Å²) in [6, 6.07) is 0. The quantitative estimate of drug-likeness (QED) is 0.431. The monoisotopic (exact) mass is 451 g/mol. The maximum absolute atomic E-state index is 4.48. The minimum Gasteiger partial charge on any atom is -0.356 e. The van der Waals surface area contributed by atoms with Crippen molar-refractivity contribution >= 4 is 52.6 Å². The Hall–Kier alpha value is -0.740. The van der Waals surface area contributed by atoms with Crippen molar-refractivity contribution in [3.05, 3.63) is 32.2 Å². The second-order valence-corrected chi connectivity index (χ2v) is 6.92. The van der Waals surface area contributed by atoms with Gasteiger partial charge in [0.2, 0.25) is 0 Å². The zero-order valence-electron chi connectivity index (χ0n) is 13.3.